The largest absolute Gasteiger partial charge is 0.481 e. The molecule has 170 valence electrons. The summed E-state index contributed by atoms with van der Waals surface area (Å²) in [7, 11) is 0. The number of carbonyl (C=O) groups is 4. The fourth-order valence-electron chi connectivity index (χ4n) is 3.11. The second-order valence-corrected chi connectivity index (χ2v) is 7.28. The fraction of sp³-hybridized carbons (Fsp3) is 0.304. The number of hydrogen-bond donors (Lipinski definition) is 4. The lowest BCUT2D eigenvalue weighted by Crippen LogP contribution is -2.57. The van der Waals surface area contributed by atoms with Crippen molar-refractivity contribution in [1.29, 1.82) is 0 Å². The monoisotopic (exact) mass is 441 g/mol. The Balaban J connectivity index is 2.11. The SMILES string of the molecule is CC(=O)N[C@H](C(=O)N[C@@H](COCc1ccccc1)C(N)=O)C(Cc1ccccc1)C(=O)O. The molecule has 0 saturated heterocycles. The smallest absolute Gasteiger partial charge is 0.309 e. The summed E-state index contributed by atoms with van der Waals surface area (Å²) in [5, 5.41) is 14.5. The average Bonchev–Trinajstić information content (AvgIpc) is 2.76. The number of nitrogens with one attached hydrogen (secondary N) is 2. The summed E-state index contributed by atoms with van der Waals surface area (Å²) in [6.07, 6.45) is 0.000283. The third-order valence-electron chi connectivity index (χ3n) is 4.72. The zero-order chi connectivity index (χ0) is 23.5. The van der Waals surface area contributed by atoms with Crippen molar-refractivity contribution >= 4 is 23.7 Å². The van der Waals surface area contributed by atoms with Gasteiger partial charge in [-0.2, -0.15) is 0 Å². The summed E-state index contributed by atoms with van der Waals surface area (Å²) in [4.78, 5) is 48.4. The number of ether oxygens (including phenoxy) is 1. The maximum absolute atomic E-state index is 12.9. The third-order valence-corrected chi connectivity index (χ3v) is 4.72. The molecule has 5 N–H and O–H groups in total. The fourth-order valence-corrected chi connectivity index (χ4v) is 3.11. The number of benzene rings is 2. The van der Waals surface area contributed by atoms with Crippen LogP contribution < -0.4 is 16.4 Å². The number of rotatable bonds is 12. The van der Waals surface area contributed by atoms with Gasteiger partial charge in [-0.25, -0.2) is 0 Å². The molecular weight excluding hydrogens is 414 g/mol. The number of hydrogen-bond acceptors (Lipinski definition) is 5. The van der Waals surface area contributed by atoms with Crippen molar-refractivity contribution in [2.24, 2.45) is 11.7 Å². The van der Waals surface area contributed by atoms with Gasteiger partial charge < -0.3 is 26.2 Å². The minimum absolute atomic E-state index is 0.000283. The third kappa shape index (κ3) is 7.84. The van der Waals surface area contributed by atoms with Crippen LogP contribution in [0.1, 0.15) is 18.1 Å². The lowest BCUT2D eigenvalue weighted by molar-refractivity contribution is -0.146. The molecule has 0 aliphatic rings. The van der Waals surface area contributed by atoms with Gasteiger partial charge in [-0.15, -0.1) is 0 Å². The molecular formula is C23H27N3O6. The normalized spacial score (nSPS) is 13.4. The summed E-state index contributed by atoms with van der Waals surface area (Å²) in [6, 6.07) is 15.3. The van der Waals surface area contributed by atoms with Crippen molar-refractivity contribution in [1.82, 2.24) is 10.6 Å². The summed E-state index contributed by atoms with van der Waals surface area (Å²) in [5.74, 6) is -4.79. The van der Waals surface area contributed by atoms with Crippen LogP contribution >= 0.6 is 0 Å². The Kier molecular flexibility index (Phi) is 9.37. The van der Waals surface area contributed by atoms with Gasteiger partial charge in [0, 0.05) is 6.92 Å². The standard InChI is InChI=1S/C23H27N3O6/c1-15(27)25-20(18(23(30)31)12-16-8-4-2-5-9-16)22(29)26-19(21(24)28)14-32-13-17-10-6-3-7-11-17/h2-11,18-20H,12-14H2,1H3,(H2,24,28)(H,25,27)(H,26,29)(H,30,31)/t18?,19-,20-/m0/s1. The average molecular weight is 441 g/mol. The van der Waals surface area contributed by atoms with Gasteiger partial charge in [0.15, 0.2) is 0 Å². The van der Waals surface area contributed by atoms with Gasteiger partial charge in [0.25, 0.3) is 0 Å². The first-order valence-corrected chi connectivity index (χ1v) is 10.0. The van der Waals surface area contributed by atoms with Crippen molar-refractivity contribution in [3.8, 4) is 0 Å². The van der Waals surface area contributed by atoms with Crippen molar-refractivity contribution in [2.45, 2.75) is 32.0 Å². The van der Waals surface area contributed by atoms with Crippen LogP contribution in [-0.4, -0.2) is 47.5 Å². The zero-order valence-corrected chi connectivity index (χ0v) is 17.7. The van der Waals surface area contributed by atoms with Crippen LogP contribution in [0.25, 0.3) is 0 Å². The Morgan fingerprint density at radius 3 is 2.00 bits per heavy atom. The van der Waals surface area contributed by atoms with Gasteiger partial charge in [-0.3, -0.25) is 19.2 Å². The highest BCUT2D eigenvalue weighted by Gasteiger charge is 2.36. The number of amides is 3. The lowest BCUT2D eigenvalue weighted by atomic mass is 9.91. The molecule has 9 nitrogen and oxygen atoms in total. The van der Waals surface area contributed by atoms with Crippen LogP contribution in [-0.2, 0) is 36.9 Å². The van der Waals surface area contributed by atoms with E-state index >= 15 is 0 Å². The Morgan fingerprint density at radius 2 is 1.50 bits per heavy atom. The number of aliphatic carboxylic acids is 1. The van der Waals surface area contributed by atoms with Gasteiger partial charge >= 0.3 is 5.97 Å². The molecule has 3 atom stereocenters. The molecule has 0 radical (unpaired) electrons. The molecule has 1 unspecified atom stereocenters. The van der Waals surface area contributed by atoms with Gasteiger partial charge in [0.2, 0.25) is 17.7 Å². The molecule has 2 aromatic rings. The van der Waals surface area contributed by atoms with Crippen LogP contribution in [0.2, 0.25) is 0 Å². The zero-order valence-electron chi connectivity index (χ0n) is 17.7. The van der Waals surface area contributed by atoms with E-state index in [0.29, 0.717) is 5.56 Å². The van der Waals surface area contributed by atoms with Crippen LogP contribution in [0.3, 0.4) is 0 Å². The molecule has 0 bridgehead atoms. The molecule has 0 heterocycles. The maximum atomic E-state index is 12.9. The highest BCUT2D eigenvalue weighted by Crippen LogP contribution is 2.14. The molecule has 0 fully saturated rings. The van der Waals surface area contributed by atoms with E-state index in [1.54, 1.807) is 30.3 Å². The quantitative estimate of drug-likeness (QED) is 0.380. The molecule has 0 aromatic heterocycles. The minimum Gasteiger partial charge on any atom is -0.481 e. The summed E-state index contributed by atoms with van der Waals surface area (Å²) < 4.78 is 5.49. The Morgan fingerprint density at radius 1 is 0.938 bits per heavy atom. The maximum Gasteiger partial charge on any atom is 0.309 e. The molecule has 32 heavy (non-hydrogen) atoms. The van der Waals surface area contributed by atoms with E-state index in [4.69, 9.17) is 10.5 Å². The molecule has 3 amide bonds. The molecule has 0 aliphatic heterocycles. The first-order valence-electron chi connectivity index (χ1n) is 10.0. The molecule has 2 aromatic carbocycles. The van der Waals surface area contributed by atoms with Crippen LogP contribution in [0.15, 0.2) is 60.7 Å². The number of carbonyl (C=O) groups excluding carboxylic acids is 3. The van der Waals surface area contributed by atoms with Gasteiger partial charge in [-0.05, 0) is 17.5 Å². The Bertz CT molecular complexity index is 920. The van der Waals surface area contributed by atoms with E-state index in [9.17, 15) is 24.3 Å². The summed E-state index contributed by atoms with van der Waals surface area (Å²) in [6.45, 7) is 1.16. The topological polar surface area (TPSA) is 148 Å². The number of carboxylic acid groups (broad SMARTS) is 1. The van der Waals surface area contributed by atoms with Crippen molar-refractivity contribution < 1.29 is 29.0 Å². The Hall–Kier alpha value is -3.72. The summed E-state index contributed by atoms with van der Waals surface area (Å²) in [5.41, 5.74) is 6.94. The van der Waals surface area contributed by atoms with E-state index in [2.05, 4.69) is 10.6 Å². The van der Waals surface area contributed by atoms with E-state index in [0.717, 1.165) is 5.56 Å². The predicted octanol–water partition coefficient (Wildman–Crippen LogP) is 0.622. The van der Waals surface area contributed by atoms with E-state index < -0.39 is 41.7 Å². The first kappa shape index (κ1) is 24.5. The number of primary amides is 1. The molecule has 0 spiro atoms. The van der Waals surface area contributed by atoms with Crippen molar-refractivity contribution in [3.63, 3.8) is 0 Å². The molecule has 0 aliphatic carbocycles. The van der Waals surface area contributed by atoms with Gasteiger partial charge in [0.05, 0.1) is 19.1 Å². The summed E-state index contributed by atoms with van der Waals surface area (Å²) >= 11 is 0. The second-order valence-electron chi connectivity index (χ2n) is 7.28. The molecule has 9 heteroatoms. The van der Waals surface area contributed by atoms with Crippen molar-refractivity contribution in [3.05, 3.63) is 71.8 Å². The predicted molar refractivity (Wildman–Crippen MR) is 116 cm³/mol. The highest BCUT2D eigenvalue weighted by molar-refractivity contribution is 5.94. The van der Waals surface area contributed by atoms with Crippen molar-refractivity contribution in [2.75, 3.05) is 6.61 Å². The van der Waals surface area contributed by atoms with Crippen LogP contribution in [0, 0.1) is 5.92 Å². The second kappa shape index (κ2) is 12.2. The van der Waals surface area contributed by atoms with Gasteiger partial charge in [-0.1, -0.05) is 60.7 Å². The highest BCUT2D eigenvalue weighted by atomic mass is 16.5. The van der Waals surface area contributed by atoms with Crippen LogP contribution in [0.5, 0.6) is 0 Å². The van der Waals surface area contributed by atoms with Gasteiger partial charge in [0.1, 0.15) is 12.1 Å². The number of carboxylic acids is 1. The minimum atomic E-state index is -1.42. The van der Waals surface area contributed by atoms with Crippen LogP contribution in [0.4, 0.5) is 0 Å². The Labute approximate surface area is 185 Å². The van der Waals surface area contributed by atoms with E-state index in [1.807, 2.05) is 30.3 Å². The number of nitrogens with two attached hydrogens (primary N) is 1. The van der Waals surface area contributed by atoms with E-state index in [-0.39, 0.29) is 19.6 Å². The first-order chi connectivity index (χ1) is 15.3. The molecule has 2 rings (SSSR count). The lowest BCUT2D eigenvalue weighted by Gasteiger charge is -2.26. The molecule has 0 saturated carbocycles. The van der Waals surface area contributed by atoms with E-state index in [1.165, 1.54) is 6.92 Å².